The molecule has 3 aromatic heterocycles. The van der Waals surface area contributed by atoms with Crippen molar-refractivity contribution in [1.29, 1.82) is 0 Å². The first-order valence-corrected chi connectivity index (χ1v) is 9.73. The normalized spacial score (nSPS) is 12.1. The van der Waals surface area contributed by atoms with Crippen LogP contribution in [0.3, 0.4) is 0 Å². The third kappa shape index (κ3) is 4.08. The van der Waals surface area contributed by atoms with Crippen LogP contribution in [0, 0.1) is 6.92 Å². The number of pyridine rings is 1. The van der Waals surface area contributed by atoms with Crippen molar-refractivity contribution in [3.05, 3.63) is 53.8 Å². The lowest BCUT2D eigenvalue weighted by Crippen LogP contribution is -2.21. The van der Waals surface area contributed by atoms with E-state index in [1.807, 2.05) is 44.2 Å². The summed E-state index contributed by atoms with van der Waals surface area (Å²) >= 11 is 1.67. The van der Waals surface area contributed by atoms with E-state index in [0.717, 1.165) is 32.2 Å². The zero-order chi connectivity index (χ0) is 19.5. The predicted octanol–water partition coefficient (Wildman–Crippen LogP) is 3.99. The van der Waals surface area contributed by atoms with Gasteiger partial charge in [-0.1, -0.05) is 0 Å². The lowest BCUT2D eigenvalue weighted by Gasteiger charge is -2.14. The van der Waals surface area contributed by atoms with Crippen LogP contribution in [0.25, 0.3) is 21.5 Å². The number of rotatable bonds is 6. The highest BCUT2D eigenvalue weighted by molar-refractivity contribution is 7.18. The molecule has 0 aliphatic rings. The number of anilines is 3. The Morgan fingerprint density at radius 3 is 2.68 bits per heavy atom. The van der Waals surface area contributed by atoms with Crippen LogP contribution in [-0.4, -0.2) is 37.7 Å². The molecule has 3 N–H and O–H groups in total. The molecule has 0 radical (unpaired) electrons. The first-order chi connectivity index (χ1) is 13.6. The Kier molecular flexibility index (Phi) is 5.14. The monoisotopic (exact) mass is 392 g/mol. The van der Waals surface area contributed by atoms with Crippen molar-refractivity contribution >= 4 is 39.0 Å². The Morgan fingerprint density at radius 1 is 1.07 bits per heavy atom. The summed E-state index contributed by atoms with van der Waals surface area (Å²) in [5.41, 5.74) is 3.56. The fraction of sp³-hybridized carbons (Fsp3) is 0.200. The molecule has 1 atom stereocenters. The van der Waals surface area contributed by atoms with Crippen molar-refractivity contribution in [3.63, 3.8) is 0 Å². The van der Waals surface area contributed by atoms with Gasteiger partial charge in [-0.25, -0.2) is 9.97 Å². The van der Waals surface area contributed by atoms with Crippen LogP contribution in [0.15, 0.2) is 48.8 Å². The topological polar surface area (TPSA) is 95.9 Å². The number of aliphatic hydroxyl groups excluding tert-OH is 1. The second kappa shape index (κ2) is 7.87. The first-order valence-electron chi connectivity index (χ1n) is 8.92. The molecule has 0 spiro atoms. The number of fused-ring (bicyclic) bond motifs is 1. The van der Waals surface area contributed by atoms with Crippen molar-refractivity contribution < 1.29 is 5.11 Å². The highest BCUT2D eigenvalue weighted by atomic mass is 32.1. The Hall–Kier alpha value is -3.10. The summed E-state index contributed by atoms with van der Waals surface area (Å²) in [6.45, 7) is 3.86. The fourth-order valence-electron chi connectivity index (χ4n) is 2.78. The van der Waals surface area contributed by atoms with Gasteiger partial charge < -0.3 is 15.7 Å². The number of aliphatic hydroxyl groups is 1. The van der Waals surface area contributed by atoms with Gasteiger partial charge in [0.05, 0.1) is 27.5 Å². The minimum atomic E-state index is -0.158. The molecule has 0 saturated carbocycles. The van der Waals surface area contributed by atoms with Crippen LogP contribution in [0.1, 0.15) is 11.9 Å². The Labute approximate surface area is 166 Å². The molecule has 142 valence electrons. The van der Waals surface area contributed by atoms with Crippen LogP contribution < -0.4 is 10.6 Å². The summed E-state index contributed by atoms with van der Waals surface area (Å²) in [5, 5.41) is 16.8. The standard InChI is InChI=1S/C20H20N6OS/c1-12(11-27)22-20-25-16(14-5-7-21-8-6-14)10-19(26-20)24-15-3-4-18-17(9-15)23-13(2)28-18/h3-10,12,27H,11H2,1-2H3,(H2,22,24,25,26)/t12-/m1/s1. The molecule has 0 aliphatic heterocycles. The zero-order valence-electron chi connectivity index (χ0n) is 15.5. The van der Waals surface area contributed by atoms with Crippen molar-refractivity contribution in [3.8, 4) is 11.3 Å². The molecule has 0 saturated heterocycles. The molecule has 28 heavy (non-hydrogen) atoms. The maximum atomic E-state index is 9.34. The minimum Gasteiger partial charge on any atom is -0.394 e. The summed E-state index contributed by atoms with van der Waals surface area (Å²) in [7, 11) is 0. The SMILES string of the molecule is Cc1nc2cc(Nc3cc(-c4ccncc4)nc(N[C@H](C)CO)n3)ccc2s1. The highest BCUT2D eigenvalue weighted by Crippen LogP contribution is 2.27. The Balaban J connectivity index is 1.70. The van der Waals surface area contributed by atoms with E-state index in [1.165, 1.54) is 0 Å². The third-order valence-electron chi connectivity index (χ3n) is 4.12. The fourth-order valence-corrected chi connectivity index (χ4v) is 3.59. The summed E-state index contributed by atoms with van der Waals surface area (Å²) in [6, 6.07) is 11.6. The van der Waals surface area contributed by atoms with E-state index < -0.39 is 0 Å². The predicted molar refractivity (Wildman–Crippen MR) is 113 cm³/mol. The zero-order valence-corrected chi connectivity index (χ0v) is 16.4. The average Bonchev–Trinajstić information content (AvgIpc) is 3.07. The Bertz CT molecular complexity index is 1100. The summed E-state index contributed by atoms with van der Waals surface area (Å²) in [4.78, 5) is 17.7. The molecule has 0 fully saturated rings. The molecule has 0 bridgehead atoms. The molecule has 3 heterocycles. The number of thiazole rings is 1. The number of hydrogen-bond acceptors (Lipinski definition) is 8. The van der Waals surface area contributed by atoms with E-state index in [0.29, 0.717) is 11.8 Å². The van der Waals surface area contributed by atoms with Gasteiger partial charge in [-0.2, -0.15) is 4.98 Å². The van der Waals surface area contributed by atoms with Gasteiger partial charge in [-0.05, 0) is 44.2 Å². The maximum Gasteiger partial charge on any atom is 0.225 e. The molecule has 4 rings (SSSR count). The van der Waals surface area contributed by atoms with E-state index in [2.05, 4.69) is 36.6 Å². The number of nitrogens with zero attached hydrogens (tertiary/aromatic N) is 4. The Morgan fingerprint density at radius 2 is 1.89 bits per heavy atom. The van der Waals surface area contributed by atoms with E-state index >= 15 is 0 Å². The van der Waals surface area contributed by atoms with Gasteiger partial charge in [0.1, 0.15) is 5.82 Å². The van der Waals surface area contributed by atoms with Gasteiger partial charge in [-0.3, -0.25) is 4.98 Å². The van der Waals surface area contributed by atoms with Crippen LogP contribution in [0.2, 0.25) is 0 Å². The largest absolute Gasteiger partial charge is 0.394 e. The van der Waals surface area contributed by atoms with Gasteiger partial charge >= 0.3 is 0 Å². The number of hydrogen-bond donors (Lipinski definition) is 3. The molecule has 7 nitrogen and oxygen atoms in total. The van der Waals surface area contributed by atoms with Crippen LogP contribution in [0.5, 0.6) is 0 Å². The summed E-state index contributed by atoms with van der Waals surface area (Å²) in [5.74, 6) is 1.10. The average molecular weight is 392 g/mol. The number of benzene rings is 1. The molecule has 0 amide bonds. The van der Waals surface area contributed by atoms with Gasteiger partial charge in [0.2, 0.25) is 5.95 Å². The van der Waals surface area contributed by atoms with Gasteiger partial charge in [0.25, 0.3) is 0 Å². The lowest BCUT2D eigenvalue weighted by atomic mass is 10.2. The van der Waals surface area contributed by atoms with Crippen LogP contribution in [0.4, 0.5) is 17.5 Å². The van der Waals surface area contributed by atoms with E-state index in [9.17, 15) is 5.11 Å². The maximum absolute atomic E-state index is 9.34. The summed E-state index contributed by atoms with van der Waals surface area (Å²) in [6.07, 6.45) is 3.46. The molecule has 0 aliphatic carbocycles. The third-order valence-corrected chi connectivity index (χ3v) is 5.07. The smallest absolute Gasteiger partial charge is 0.225 e. The van der Waals surface area contributed by atoms with Crippen molar-refractivity contribution in [2.75, 3.05) is 17.2 Å². The van der Waals surface area contributed by atoms with Gasteiger partial charge in [-0.15, -0.1) is 11.3 Å². The quantitative estimate of drug-likeness (QED) is 0.456. The van der Waals surface area contributed by atoms with E-state index in [-0.39, 0.29) is 12.6 Å². The van der Waals surface area contributed by atoms with Gasteiger partial charge in [0.15, 0.2) is 0 Å². The number of aryl methyl sites for hydroxylation is 1. The van der Waals surface area contributed by atoms with Crippen molar-refractivity contribution in [2.24, 2.45) is 0 Å². The molecule has 1 aromatic carbocycles. The van der Waals surface area contributed by atoms with Crippen molar-refractivity contribution in [2.45, 2.75) is 19.9 Å². The molecule has 0 unspecified atom stereocenters. The van der Waals surface area contributed by atoms with Gasteiger partial charge in [0, 0.05) is 35.8 Å². The lowest BCUT2D eigenvalue weighted by molar-refractivity contribution is 0.281. The van der Waals surface area contributed by atoms with Crippen molar-refractivity contribution in [1.82, 2.24) is 19.9 Å². The second-order valence-corrected chi connectivity index (χ2v) is 7.70. The molecular formula is C20H20N6OS. The van der Waals surface area contributed by atoms with E-state index in [4.69, 9.17) is 0 Å². The minimum absolute atomic E-state index is 0.00848. The van der Waals surface area contributed by atoms with E-state index in [1.54, 1.807) is 23.7 Å². The second-order valence-electron chi connectivity index (χ2n) is 6.47. The number of nitrogens with one attached hydrogen (secondary N) is 2. The number of aromatic nitrogens is 4. The molecule has 8 heteroatoms. The van der Waals surface area contributed by atoms with Crippen LogP contribution in [-0.2, 0) is 0 Å². The highest BCUT2D eigenvalue weighted by Gasteiger charge is 2.10. The summed E-state index contributed by atoms with van der Waals surface area (Å²) < 4.78 is 1.15. The first kappa shape index (κ1) is 18.3. The molecule has 4 aromatic rings. The van der Waals surface area contributed by atoms with Crippen LogP contribution >= 0.6 is 11.3 Å². The molecular weight excluding hydrogens is 372 g/mol.